The summed E-state index contributed by atoms with van der Waals surface area (Å²) in [7, 11) is -2.90. The van der Waals surface area contributed by atoms with Crippen LogP contribution in [-0.2, 0) is 22.7 Å². The molecule has 1 unspecified atom stereocenters. The van der Waals surface area contributed by atoms with Gasteiger partial charge in [-0.05, 0) is 32.1 Å². The molecule has 2 aliphatic rings. The molecule has 2 heterocycles. The zero-order valence-corrected chi connectivity index (χ0v) is 11.0. The minimum Gasteiger partial charge on any atom is -0.383 e. The topological polar surface area (TPSA) is 85.9 Å². The predicted octanol–water partition coefficient (Wildman–Crippen LogP) is 0.840. The number of sulfone groups is 1. The molecule has 3 rings (SSSR count). The average molecular weight is 267 g/mol. The maximum absolute atomic E-state index is 11.5. The molecule has 0 spiro atoms. The first-order valence-electron chi connectivity index (χ1n) is 6.41. The molecule has 0 amide bonds. The zero-order chi connectivity index (χ0) is 12.8. The summed E-state index contributed by atoms with van der Waals surface area (Å²) >= 11 is 0. The Labute approximate surface area is 107 Å². The molecule has 5 nitrogen and oxygen atoms in total. The SMILES string of the molecule is Nc1nc(C2CCS(=O)(=O)C2)nc2c1CCCC2. The molecule has 1 aromatic heterocycles. The van der Waals surface area contributed by atoms with Crippen LogP contribution in [0.1, 0.15) is 42.3 Å². The Kier molecular flexibility index (Phi) is 2.77. The number of fused-ring (bicyclic) bond motifs is 1. The minimum absolute atomic E-state index is 0.0653. The summed E-state index contributed by atoms with van der Waals surface area (Å²) in [5.74, 6) is 1.54. The maximum atomic E-state index is 11.5. The average Bonchev–Trinajstić information content (AvgIpc) is 2.70. The van der Waals surface area contributed by atoms with Crippen molar-refractivity contribution in [1.82, 2.24) is 9.97 Å². The van der Waals surface area contributed by atoms with E-state index in [9.17, 15) is 8.42 Å². The van der Waals surface area contributed by atoms with Crippen LogP contribution in [-0.4, -0.2) is 29.9 Å². The molecule has 18 heavy (non-hydrogen) atoms. The number of anilines is 1. The van der Waals surface area contributed by atoms with Crippen molar-refractivity contribution in [3.8, 4) is 0 Å². The number of nitrogen functional groups attached to an aromatic ring is 1. The maximum Gasteiger partial charge on any atom is 0.151 e. The second-order valence-electron chi connectivity index (χ2n) is 5.20. The molecular formula is C12H17N3O2S. The lowest BCUT2D eigenvalue weighted by atomic mass is 9.96. The van der Waals surface area contributed by atoms with Gasteiger partial charge in [0.2, 0.25) is 0 Å². The van der Waals surface area contributed by atoms with E-state index in [0.29, 0.717) is 18.1 Å². The molecule has 1 aliphatic carbocycles. The van der Waals surface area contributed by atoms with Crippen LogP contribution >= 0.6 is 0 Å². The van der Waals surface area contributed by atoms with Gasteiger partial charge in [0.1, 0.15) is 11.6 Å². The van der Waals surface area contributed by atoms with Gasteiger partial charge in [0.25, 0.3) is 0 Å². The molecule has 1 aromatic rings. The number of aryl methyl sites for hydroxylation is 1. The van der Waals surface area contributed by atoms with Gasteiger partial charge in [-0.15, -0.1) is 0 Å². The van der Waals surface area contributed by atoms with Gasteiger partial charge in [-0.1, -0.05) is 0 Å². The lowest BCUT2D eigenvalue weighted by molar-refractivity contribution is 0.600. The first kappa shape index (κ1) is 11.9. The lowest BCUT2D eigenvalue weighted by Gasteiger charge is -2.18. The summed E-state index contributed by atoms with van der Waals surface area (Å²) in [6.07, 6.45) is 4.78. The summed E-state index contributed by atoms with van der Waals surface area (Å²) in [5.41, 5.74) is 8.09. The first-order chi connectivity index (χ1) is 8.55. The van der Waals surface area contributed by atoms with Crippen LogP contribution in [0, 0.1) is 0 Å². The van der Waals surface area contributed by atoms with Gasteiger partial charge in [-0.25, -0.2) is 18.4 Å². The molecule has 0 saturated carbocycles. The second-order valence-corrected chi connectivity index (χ2v) is 7.43. The minimum atomic E-state index is -2.90. The smallest absolute Gasteiger partial charge is 0.151 e. The van der Waals surface area contributed by atoms with Gasteiger partial charge in [-0.3, -0.25) is 0 Å². The third kappa shape index (κ3) is 2.09. The fraction of sp³-hybridized carbons (Fsp3) is 0.667. The van der Waals surface area contributed by atoms with E-state index in [2.05, 4.69) is 9.97 Å². The van der Waals surface area contributed by atoms with Crippen molar-refractivity contribution >= 4 is 15.7 Å². The van der Waals surface area contributed by atoms with Crippen molar-refractivity contribution in [3.05, 3.63) is 17.1 Å². The van der Waals surface area contributed by atoms with Crippen molar-refractivity contribution in [2.75, 3.05) is 17.2 Å². The van der Waals surface area contributed by atoms with Gasteiger partial charge in [0, 0.05) is 17.2 Å². The van der Waals surface area contributed by atoms with E-state index in [-0.39, 0.29) is 17.4 Å². The molecule has 1 saturated heterocycles. The van der Waals surface area contributed by atoms with Gasteiger partial charge in [-0.2, -0.15) is 0 Å². The summed E-state index contributed by atoms with van der Waals surface area (Å²) in [5, 5.41) is 0. The number of hydrogen-bond donors (Lipinski definition) is 1. The molecule has 0 radical (unpaired) electrons. The Balaban J connectivity index is 1.96. The number of rotatable bonds is 1. The summed E-state index contributed by atoms with van der Waals surface area (Å²) in [4.78, 5) is 8.90. The van der Waals surface area contributed by atoms with Gasteiger partial charge < -0.3 is 5.73 Å². The summed E-state index contributed by atoms with van der Waals surface area (Å²) < 4.78 is 23.0. The Morgan fingerprint density at radius 3 is 2.67 bits per heavy atom. The van der Waals surface area contributed by atoms with Gasteiger partial charge >= 0.3 is 0 Å². The van der Waals surface area contributed by atoms with E-state index in [4.69, 9.17) is 5.73 Å². The Bertz CT molecular complexity index is 583. The monoisotopic (exact) mass is 267 g/mol. The zero-order valence-electron chi connectivity index (χ0n) is 10.2. The number of hydrogen-bond acceptors (Lipinski definition) is 5. The lowest BCUT2D eigenvalue weighted by Crippen LogP contribution is -2.16. The Morgan fingerprint density at radius 2 is 1.94 bits per heavy atom. The van der Waals surface area contributed by atoms with Crippen LogP contribution in [0.4, 0.5) is 5.82 Å². The van der Waals surface area contributed by atoms with E-state index in [1.54, 1.807) is 0 Å². The third-order valence-electron chi connectivity index (χ3n) is 3.83. The van der Waals surface area contributed by atoms with E-state index in [1.165, 1.54) is 0 Å². The van der Waals surface area contributed by atoms with Crippen molar-refractivity contribution < 1.29 is 8.42 Å². The Morgan fingerprint density at radius 1 is 1.17 bits per heavy atom. The van der Waals surface area contributed by atoms with Crippen molar-refractivity contribution in [2.45, 2.75) is 38.0 Å². The van der Waals surface area contributed by atoms with E-state index >= 15 is 0 Å². The molecule has 1 aliphatic heterocycles. The third-order valence-corrected chi connectivity index (χ3v) is 5.60. The number of nitrogens with zero attached hydrogens (tertiary/aromatic N) is 2. The number of nitrogens with two attached hydrogens (primary N) is 1. The second kappa shape index (κ2) is 4.19. The van der Waals surface area contributed by atoms with Gasteiger partial charge in [0.05, 0.1) is 11.5 Å². The van der Waals surface area contributed by atoms with Crippen LogP contribution < -0.4 is 5.73 Å². The molecule has 98 valence electrons. The standard InChI is InChI=1S/C12H17N3O2S/c13-11-9-3-1-2-4-10(9)14-12(15-11)8-5-6-18(16,17)7-8/h8H,1-7H2,(H2,13,14,15). The highest BCUT2D eigenvalue weighted by molar-refractivity contribution is 7.91. The highest BCUT2D eigenvalue weighted by atomic mass is 32.2. The first-order valence-corrected chi connectivity index (χ1v) is 8.23. The van der Waals surface area contributed by atoms with Gasteiger partial charge in [0.15, 0.2) is 9.84 Å². The summed E-state index contributed by atoms with van der Waals surface area (Å²) in [6, 6.07) is 0. The molecule has 6 heteroatoms. The van der Waals surface area contributed by atoms with Crippen LogP contribution in [0.15, 0.2) is 0 Å². The normalized spacial score (nSPS) is 25.9. The van der Waals surface area contributed by atoms with Crippen molar-refractivity contribution in [3.63, 3.8) is 0 Å². The molecule has 2 N–H and O–H groups in total. The van der Waals surface area contributed by atoms with Crippen molar-refractivity contribution in [2.24, 2.45) is 0 Å². The van der Waals surface area contributed by atoms with Crippen LogP contribution in [0.25, 0.3) is 0 Å². The van der Waals surface area contributed by atoms with E-state index in [1.807, 2.05) is 0 Å². The largest absolute Gasteiger partial charge is 0.383 e. The van der Waals surface area contributed by atoms with E-state index in [0.717, 1.165) is 36.9 Å². The highest BCUT2D eigenvalue weighted by Crippen LogP contribution is 2.30. The van der Waals surface area contributed by atoms with Crippen LogP contribution in [0.3, 0.4) is 0 Å². The van der Waals surface area contributed by atoms with Crippen LogP contribution in [0.5, 0.6) is 0 Å². The summed E-state index contributed by atoms with van der Waals surface area (Å²) in [6.45, 7) is 0. The quantitative estimate of drug-likeness (QED) is 0.815. The molecule has 0 aromatic carbocycles. The van der Waals surface area contributed by atoms with Crippen LogP contribution in [0.2, 0.25) is 0 Å². The predicted molar refractivity (Wildman–Crippen MR) is 69.1 cm³/mol. The number of aromatic nitrogens is 2. The fourth-order valence-corrected chi connectivity index (χ4v) is 4.56. The Hall–Kier alpha value is -1.17. The highest BCUT2D eigenvalue weighted by Gasteiger charge is 2.32. The molecular weight excluding hydrogens is 250 g/mol. The van der Waals surface area contributed by atoms with Crippen molar-refractivity contribution in [1.29, 1.82) is 0 Å². The molecule has 1 atom stereocenters. The fourth-order valence-electron chi connectivity index (χ4n) is 2.82. The molecule has 0 bridgehead atoms. The van der Waals surface area contributed by atoms with E-state index < -0.39 is 9.84 Å². The molecule has 1 fully saturated rings.